The summed E-state index contributed by atoms with van der Waals surface area (Å²) in [6.07, 6.45) is 5.27. The Kier molecular flexibility index (Phi) is 5.69. The number of hydrogen-bond acceptors (Lipinski definition) is 5. The van der Waals surface area contributed by atoms with E-state index in [-0.39, 0.29) is 17.7 Å². The Morgan fingerprint density at radius 2 is 1.87 bits per heavy atom. The van der Waals surface area contributed by atoms with Crippen molar-refractivity contribution in [3.05, 3.63) is 23.5 Å². The van der Waals surface area contributed by atoms with E-state index in [1.807, 2.05) is 26.0 Å². The average Bonchev–Trinajstić information content (AvgIpc) is 3.35. The van der Waals surface area contributed by atoms with Crippen LogP contribution >= 0.6 is 0 Å². The molecule has 9 heteroatoms. The second-order valence-corrected chi connectivity index (χ2v) is 11.1. The lowest BCUT2D eigenvalue weighted by molar-refractivity contribution is -0.129. The SMILES string of the molecule is CC(C)[C@@H]1C(=O)N(S(C)(=O)=O)[C@@H]2CCN(C(=O)c3ccc(CN4CCCCC4)[nH]3)[C@H]21. The van der Waals surface area contributed by atoms with Gasteiger partial charge in [0.2, 0.25) is 15.9 Å². The summed E-state index contributed by atoms with van der Waals surface area (Å²) in [5.74, 6) is -1.08. The number of nitrogens with one attached hydrogen (secondary N) is 1. The zero-order valence-corrected chi connectivity index (χ0v) is 18.8. The van der Waals surface area contributed by atoms with E-state index in [0.29, 0.717) is 18.7 Å². The summed E-state index contributed by atoms with van der Waals surface area (Å²) in [5.41, 5.74) is 1.52. The van der Waals surface area contributed by atoms with Crippen LogP contribution in [0.15, 0.2) is 12.1 Å². The van der Waals surface area contributed by atoms with Crippen molar-refractivity contribution >= 4 is 21.8 Å². The third-order valence-electron chi connectivity index (χ3n) is 6.75. The zero-order chi connectivity index (χ0) is 21.6. The monoisotopic (exact) mass is 436 g/mol. The van der Waals surface area contributed by atoms with Crippen molar-refractivity contribution < 1.29 is 18.0 Å². The summed E-state index contributed by atoms with van der Waals surface area (Å²) < 4.78 is 25.6. The number of likely N-dealkylation sites (tertiary alicyclic amines) is 2. The van der Waals surface area contributed by atoms with Crippen LogP contribution in [0, 0.1) is 11.8 Å². The Balaban J connectivity index is 1.54. The second-order valence-electron chi connectivity index (χ2n) is 9.25. The molecule has 1 N–H and O–H groups in total. The predicted molar refractivity (Wildman–Crippen MR) is 113 cm³/mol. The first kappa shape index (κ1) is 21.4. The number of H-pyrrole nitrogens is 1. The number of aromatic nitrogens is 1. The highest BCUT2D eigenvalue weighted by Gasteiger charge is 2.58. The number of aromatic amines is 1. The molecule has 0 aliphatic carbocycles. The predicted octanol–water partition coefficient (Wildman–Crippen LogP) is 1.66. The zero-order valence-electron chi connectivity index (χ0n) is 18.0. The smallest absolute Gasteiger partial charge is 0.270 e. The van der Waals surface area contributed by atoms with Gasteiger partial charge in [-0.15, -0.1) is 0 Å². The van der Waals surface area contributed by atoms with Crippen LogP contribution in [0.4, 0.5) is 0 Å². The Hall–Kier alpha value is -1.87. The minimum Gasteiger partial charge on any atom is -0.353 e. The number of sulfonamides is 1. The molecule has 8 nitrogen and oxygen atoms in total. The fourth-order valence-corrected chi connectivity index (χ4v) is 6.61. The van der Waals surface area contributed by atoms with Gasteiger partial charge in [0, 0.05) is 18.8 Å². The van der Waals surface area contributed by atoms with Crippen molar-refractivity contribution in [2.24, 2.45) is 11.8 Å². The lowest BCUT2D eigenvalue weighted by Crippen LogP contribution is -2.44. The molecule has 4 rings (SSSR count). The van der Waals surface area contributed by atoms with Gasteiger partial charge in [0.15, 0.2) is 0 Å². The molecule has 3 atom stereocenters. The summed E-state index contributed by atoms with van der Waals surface area (Å²) >= 11 is 0. The van der Waals surface area contributed by atoms with Gasteiger partial charge in [0.25, 0.3) is 5.91 Å². The molecular formula is C21H32N4O4S. The largest absolute Gasteiger partial charge is 0.353 e. The molecule has 4 heterocycles. The summed E-state index contributed by atoms with van der Waals surface area (Å²) in [4.78, 5) is 33.6. The Morgan fingerprint density at radius 3 is 2.50 bits per heavy atom. The molecule has 1 aromatic rings. The first-order valence-electron chi connectivity index (χ1n) is 10.9. The van der Waals surface area contributed by atoms with Gasteiger partial charge in [-0.05, 0) is 50.4 Å². The highest BCUT2D eigenvalue weighted by molar-refractivity contribution is 7.88. The molecule has 2 amide bonds. The van der Waals surface area contributed by atoms with Crippen LogP contribution in [0.3, 0.4) is 0 Å². The van der Waals surface area contributed by atoms with Crippen LogP contribution in [-0.2, 0) is 21.4 Å². The van der Waals surface area contributed by atoms with E-state index in [1.54, 1.807) is 4.90 Å². The van der Waals surface area contributed by atoms with Gasteiger partial charge < -0.3 is 9.88 Å². The lowest BCUT2D eigenvalue weighted by atomic mass is 9.88. The van der Waals surface area contributed by atoms with Crippen molar-refractivity contribution in [3.63, 3.8) is 0 Å². The highest BCUT2D eigenvalue weighted by Crippen LogP contribution is 2.41. The molecule has 30 heavy (non-hydrogen) atoms. The molecular weight excluding hydrogens is 404 g/mol. The van der Waals surface area contributed by atoms with Gasteiger partial charge in [0.05, 0.1) is 24.3 Å². The first-order chi connectivity index (χ1) is 14.2. The third kappa shape index (κ3) is 3.77. The van der Waals surface area contributed by atoms with E-state index >= 15 is 0 Å². The number of nitrogens with zero attached hydrogens (tertiary/aromatic N) is 3. The maximum Gasteiger partial charge on any atom is 0.270 e. The van der Waals surface area contributed by atoms with E-state index < -0.39 is 28.0 Å². The summed E-state index contributed by atoms with van der Waals surface area (Å²) in [6.45, 7) is 7.25. The van der Waals surface area contributed by atoms with E-state index in [1.165, 1.54) is 19.3 Å². The minimum atomic E-state index is -3.67. The minimum absolute atomic E-state index is 0.0524. The highest BCUT2D eigenvalue weighted by atomic mass is 32.2. The molecule has 0 aromatic carbocycles. The normalized spacial score (nSPS) is 27.9. The van der Waals surface area contributed by atoms with Gasteiger partial charge in [-0.2, -0.15) is 0 Å². The Labute approximate surface area is 178 Å². The van der Waals surface area contributed by atoms with E-state index in [2.05, 4.69) is 9.88 Å². The van der Waals surface area contributed by atoms with Gasteiger partial charge in [0.1, 0.15) is 5.69 Å². The standard InChI is InChI=1S/C21H32N4O4S/c1-14(2)18-19-17(25(21(18)27)30(3,28)29)9-12-24(19)20(26)16-8-7-15(22-16)13-23-10-5-4-6-11-23/h7-8,14,17-19,22H,4-6,9-13H2,1-3H3/t17-,18+,19-/m1/s1. The second kappa shape index (κ2) is 8.00. The molecule has 1 aromatic heterocycles. The molecule has 0 unspecified atom stereocenters. The van der Waals surface area contributed by atoms with E-state index in [0.717, 1.165) is 35.9 Å². The number of hydrogen-bond donors (Lipinski definition) is 1. The molecule has 3 aliphatic heterocycles. The summed E-state index contributed by atoms with van der Waals surface area (Å²) in [6, 6.07) is 2.89. The molecule has 3 fully saturated rings. The molecule has 0 saturated carbocycles. The van der Waals surface area contributed by atoms with Crippen LogP contribution in [0.25, 0.3) is 0 Å². The molecule has 166 valence electrons. The van der Waals surface area contributed by atoms with Crippen molar-refractivity contribution in [3.8, 4) is 0 Å². The van der Waals surface area contributed by atoms with Gasteiger partial charge in [-0.1, -0.05) is 20.3 Å². The number of rotatable bonds is 5. The van der Waals surface area contributed by atoms with Crippen molar-refractivity contribution in [1.29, 1.82) is 0 Å². The number of carbonyl (C=O) groups is 2. The van der Waals surface area contributed by atoms with Crippen molar-refractivity contribution in [2.75, 3.05) is 25.9 Å². The van der Waals surface area contributed by atoms with Crippen molar-refractivity contribution in [2.45, 2.75) is 58.2 Å². The molecule has 0 spiro atoms. The number of piperidine rings is 1. The average molecular weight is 437 g/mol. The molecule has 3 aliphatic rings. The maximum absolute atomic E-state index is 13.3. The van der Waals surface area contributed by atoms with E-state index in [9.17, 15) is 18.0 Å². The van der Waals surface area contributed by atoms with Crippen molar-refractivity contribution in [1.82, 2.24) is 19.1 Å². The Bertz CT molecular complexity index is 919. The van der Waals surface area contributed by atoms with Crippen LogP contribution in [0.2, 0.25) is 0 Å². The molecule has 0 bridgehead atoms. The topological polar surface area (TPSA) is 93.8 Å². The molecule has 3 saturated heterocycles. The number of fused-ring (bicyclic) bond motifs is 1. The summed E-state index contributed by atoms with van der Waals surface area (Å²) in [5, 5.41) is 0. The van der Waals surface area contributed by atoms with Crippen LogP contribution in [0.5, 0.6) is 0 Å². The fourth-order valence-electron chi connectivity index (χ4n) is 5.44. The van der Waals surface area contributed by atoms with Gasteiger partial charge >= 0.3 is 0 Å². The van der Waals surface area contributed by atoms with Gasteiger partial charge in [-0.25, -0.2) is 12.7 Å². The molecule has 0 radical (unpaired) electrons. The number of carbonyl (C=O) groups excluding carboxylic acids is 2. The summed E-state index contributed by atoms with van der Waals surface area (Å²) in [7, 11) is -3.67. The van der Waals surface area contributed by atoms with E-state index in [4.69, 9.17) is 0 Å². The fraction of sp³-hybridized carbons (Fsp3) is 0.714. The first-order valence-corrected chi connectivity index (χ1v) is 12.8. The van der Waals surface area contributed by atoms with Crippen LogP contribution in [0.1, 0.15) is 55.7 Å². The number of amides is 2. The quantitative estimate of drug-likeness (QED) is 0.758. The van der Waals surface area contributed by atoms with Crippen LogP contribution < -0.4 is 0 Å². The third-order valence-corrected chi connectivity index (χ3v) is 7.91. The Morgan fingerprint density at radius 1 is 1.17 bits per heavy atom. The van der Waals surface area contributed by atoms with Gasteiger partial charge in [-0.3, -0.25) is 14.5 Å². The van der Waals surface area contributed by atoms with Crippen LogP contribution in [-0.4, -0.2) is 77.3 Å². The lowest BCUT2D eigenvalue weighted by Gasteiger charge is -2.29. The maximum atomic E-state index is 13.3.